The number of nitrogens with one attached hydrogen (secondary N) is 1. The second kappa shape index (κ2) is 6.73. The maximum atomic E-state index is 6.07. The predicted octanol–water partition coefficient (Wildman–Crippen LogP) is 3.68. The van der Waals surface area contributed by atoms with Crippen molar-refractivity contribution in [3.05, 3.63) is 40.1 Å². The lowest BCUT2D eigenvalue weighted by molar-refractivity contribution is 0.0886. The number of ether oxygens (including phenoxy) is 1. The molecule has 0 radical (unpaired) electrons. The van der Waals surface area contributed by atoms with E-state index < -0.39 is 0 Å². The highest BCUT2D eigenvalue weighted by Gasteiger charge is 2.33. The molecule has 1 aliphatic rings. The van der Waals surface area contributed by atoms with Gasteiger partial charge < -0.3 is 14.5 Å². The largest absolute Gasteiger partial charge is 0.464 e. The van der Waals surface area contributed by atoms with Crippen molar-refractivity contribution in [3.8, 4) is 0 Å². The topological polar surface area (TPSA) is 52.2 Å². The molecule has 2 aromatic heterocycles. The molecule has 2 aromatic rings. The highest BCUT2D eigenvalue weighted by Crippen LogP contribution is 2.37. The number of hydrogen-bond donors (Lipinski definition) is 1. The monoisotopic (exact) mass is 331 g/mol. The first-order chi connectivity index (χ1) is 11.4. The van der Waals surface area contributed by atoms with Crippen molar-refractivity contribution in [2.45, 2.75) is 53.2 Å². The fourth-order valence-corrected chi connectivity index (χ4v) is 3.61. The van der Waals surface area contributed by atoms with Crippen LogP contribution in [0.15, 0.2) is 10.5 Å². The zero-order valence-electron chi connectivity index (χ0n) is 15.6. The van der Waals surface area contributed by atoms with E-state index >= 15 is 0 Å². The molecular weight excluding hydrogens is 302 g/mol. The highest BCUT2D eigenvalue weighted by molar-refractivity contribution is 5.28. The van der Waals surface area contributed by atoms with E-state index in [1.165, 1.54) is 16.8 Å². The molecule has 0 spiro atoms. The Morgan fingerprint density at radius 2 is 2.08 bits per heavy atom. The molecule has 0 aromatic carbocycles. The third kappa shape index (κ3) is 3.15. The van der Waals surface area contributed by atoms with Crippen molar-refractivity contribution >= 4 is 0 Å². The van der Waals surface area contributed by atoms with Crippen molar-refractivity contribution < 1.29 is 9.15 Å². The molecule has 1 N–H and O–H groups in total. The van der Waals surface area contributed by atoms with E-state index in [4.69, 9.17) is 9.15 Å². The molecule has 132 valence electrons. The van der Waals surface area contributed by atoms with Crippen LogP contribution in [0.25, 0.3) is 0 Å². The SMILES string of the molecule is Cc1cc(C(C)NC[C@H]2CCO[C@@H]2c2c(C)nn(C)c2C)oc1C. The van der Waals surface area contributed by atoms with Gasteiger partial charge in [-0.15, -0.1) is 0 Å². The van der Waals surface area contributed by atoms with Crippen LogP contribution >= 0.6 is 0 Å². The second-order valence-electron chi connectivity index (χ2n) is 7.07. The zero-order valence-corrected chi connectivity index (χ0v) is 15.6. The Labute approximate surface area is 144 Å². The summed E-state index contributed by atoms with van der Waals surface area (Å²) in [6.45, 7) is 12.2. The minimum Gasteiger partial charge on any atom is -0.464 e. The van der Waals surface area contributed by atoms with Crippen LogP contribution in [0, 0.1) is 33.6 Å². The molecule has 3 rings (SSSR count). The molecule has 0 amide bonds. The van der Waals surface area contributed by atoms with E-state index in [0.717, 1.165) is 36.8 Å². The number of hydrogen-bond acceptors (Lipinski definition) is 4. The smallest absolute Gasteiger partial charge is 0.121 e. The molecular formula is C19H29N3O2. The van der Waals surface area contributed by atoms with Gasteiger partial charge in [-0.25, -0.2) is 0 Å². The van der Waals surface area contributed by atoms with E-state index in [2.05, 4.69) is 44.2 Å². The third-order valence-corrected chi connectivity index (χ3v) is 5.36. The summed E-state index contributed by atoms with van der Waals surface area (Å²) in [5, 5.41) is 8.17. The van der Waals surface area contributed by atoms with Crippen LogP contribution in [0.1, 0.15) is 59.5 Å². The summed E-state index contributed by atoms with van der Waals surface area (Å²) >= 11 is 0. The molecule has 0 saturated carbocycles. The molecule has 1 unspecified atom stereocenters. The van der Waals surface area contributed by atoms with Crippen molar-refractivity contribution in [2.75, 3.05) is 13.2 Å². The van der Waals surface area contributed by atoms with Gasteiger partial charge >= 0.3 is 0 Å². The maximum Gasteiger partial charge on any atom is 0.121 e. The molecule has 1 aliphatic heterocycles. The Bertz CT molecular complexity index is 697. The van der Waals surface area contributed by atoms with Crippen molar-refractivity contribution in [1.29, 1.82) is 0 Å². The summed E-state index contributed by atoms with van der Waals surface area (Å²) in [4.78, 5) is 0. The van der Waals surface area contributed by atoms with Gasteiger partial charge in [-0.05, 0) is 52.7 Å². The van der Waals surface area contributed by atoms with E-state index in [1.807, 2.05) is 18.7 Å². The van der Waals surface area contributed by atoms with Crippen LogP contribution in [0.3, 0.4) is 0 Å². The molecule has 3 heterocycles. The minimum absolute atomic E-state index is 0.137. The number of aromatic nitrogens is 2. The van der Waals surface area contributed by atoms with Gasteiger partial charge in [-0.1, -0.05) is 0 Å². The molecule has 3 atom stereocenters. The number of aryl methyl sites for hydroxylation is 4. The number of furan rings is 1. The average molecular weight is 331 g/mol. The Hall–Kier alpha value is -1.59. The fourth-order valence-electron chi connectivity index (χ4n) is 3.61. The van der Waals surface area contributed by atoms with Crippen LogP contribution in [0.5, 0.6) is 0 Å². The molecule has 5 nitrogen and oxygen atoms in total. The van der Waals surface area contributed by atoms with Gasteiger partial charge in [0.25, 0.3) is 0 Å². The van der Waals surface area contributed by atoms with Gasteiger partial charge in [0.1, 0.15) is 11.5 Å². The maximum absolute atomic E-state index is 6.07. The van der Waals surface area contributed by atoms with E-state index in [1.54, 1.807) is 0 Å². The lowest BCUT2D eigenvalue weighted by Gasteiger charge is -2.21. The van der Waals surface area contributed by atoms with Gasteiger partial charge in [-0.3, -0.25) is 4.68 Å². The minimum atomic E-state index is 0.137. The molecule has 1 saturated heterocycles. The van der Waals surface area contributed by atoms with Crippen molar-refractivity contribution in [2.24, 2.45) is 13.0 Å². The predicted molar refractivity (Wildman–Crippen MR) is 94.1 cm³/mol. The molecule has 0 bridgehead atoms. The summed E-state index contributed by atoms with van der Waals surface area (Å²) in [6, 6.07) is 2.33. The Morgan fingerprint density at radius 3 is 2.67 bits per heavy atom. The van der Waals surface area contributed by atoms with E-state index in [-0.39, 0.29) is 12.1 Å². The summed E-state index contributed by atoms with van der Waals surface area (Å²) < 4.78 is 13.9. The van der Waals surface area contributed by atoms with Crippen LogP contribution < -0.4 is 5.32 Å². The zero-order chi connectivity index (χ0) is 17.4. The van der Waals surface area contributed by atoms with Crippen LogP contribution in [0.4, 0.5) is 0 Å². The van der Waals surface area contributed by atoms with Crippen LogP contribution in [-0.2, 0) is 11.8 Å². The summed E-state index contributed by atoms with van der Waals surface area (Å²) in [6.07, 6.45) is 1.22. The van der Waals surface area contributed by atoms with E-state index in [0.29, 0.717) is 5.92 Å². The van der Waals surface area contributed by atoms with Gasteiger partial charge in [0, 0.05) is 37.4 Å². The van der Waals surface area contributed by atoms with E-state index in [9.17, 15) is 0 Å². The summed E-state index contributed by atoms with van der Waals surface area (Å²) in [7, 11) is 2.00. The standard InChI is InChI=1S/C19H29N3O2/c1-11-9-17(24-15(11)5)12(2)20-10-16-7-8-23-19(16)18-13(3)21-22(6)14(18)4/h9,12,16,19-20H,7-8,10H2,1-6H3/t12?,16-,19+/m1/s1. The average Bonchev–Trinajstić information content (AvgIpc) is 3.18. The normalized spacial score (nSPS) is 22.2. The number of nitrogens with zero attached hydrogens (tertiary/aromatic N) is 2. The first-order valence-corrected chi connectivity index (χ1v) is 8.80. The lowest BCUT2D eigenvalue weighted by atomic mass is 9.93. The highest BCUT2D eigenvalue weighted by atomic mass is 16.5. The van der Waals surface area contributed by atoms with Gasteiger partial charge in [0.15, 0.2) is 0 Å². The van der Waals surface area contributed by atoms with Crippen LogP contribution in [-0.4, -0.2) is 22.9 Å². The summed E-state index contributed by atoms with van der Waals surface area (Å²) in [5.74, 6) is 2.47. The Kier molecular flexibility index (Phi) is 4.83. The fraction of sp³-hybridized carbons (Fsp3) is 0.632. The number of rotatable bonds is 5. The Morgan fingerprint density at radius 1 is 1.33 bits per heavy atom. The van der Waals surface area contributed by atoms with Gasteiger partial charge in [-0.2, -0.15) is 5.10 Å². The third-order valence-electron chi connectivity index (χ3n) is 5.36. The quantitative estimate of drug-likeness (QED) is 0.908. The van der Waals surface area contributed by atoms with Crippen molar-refractivity contribution in [3.63, 3.8) is 0 Å². The first-order valence-electron chi connectivity index (χ1n) is 8.80. The molecule has 24 heavy (non-hydrogen) atoms. The molecule has 0 aliphatic carbocycles. The van der Waals surface area contributed by atoms with Crippen molar-refractivity contribution in [1.82, 2.24) is 15.1 Å². The van der Waals surface area contributed by atoms with Gasteiger partial charge in [0.2, 0.25) is 0 Å². The molecule has 5 heteroatoms. The second-order valence-corrected chi connectivity index (χ2v) is 7.07. The summed E-state index contributed by atoms with van der Waals surface area (Å²) in [5.41, 5.74) is 4.76. The Balaban J connectivity index is 1.68. The van der Waals surface area contributed by atoms with Gasteiger partial charge in [0.05, 0.1) is 17.8 Å². The van der Waals surface area contributed by atoms with Crippen LogP contribution in [0.2, 0.25) is 0 Å². The lowest BCUT2D eigenvalue weighted by Crippen LogP contribution is -2.27. The molecule has 1 fully saturated rings. The first kappa shape index (κ1) is 17.2.